The molecule has 0 fully saturated rings. The van der Waals surface area contributed by atoms with E-state index in [1.54, 1.807) is 0 Å². The minimum Gasteiger partial charge on any atom is -0.748 e. The SMILES string of the molecule is CCCCCC(CCCCCCCCCCCCCCCC(O)CC)S(=O)(=O)[O-].[Na+]. The van der Waals surface area contributed by atoms with Gasteiger partial charge in [-0.1, -0.05) is 117 Å². The summed E-state index contributed by atoms with van der Waals surface area (Å²) in [6, 6.07) is 0. The van der Waals surface area contributed by atoms with Crippen LogP contribution in [0.3, 0.4) is 0 Å². The predicted molar refractivity (Wildman–Crippen MR) is 123 cm³/mol. The van der Waals surface area contributed by atoms with Gasteiger partial charge in [-0.2, -0.15) is 0 Å². The maximum Gasteiger partial charge on any atom is 1.00 e. The van der Waals surface area contributed by atoms with Crippen LogP contribution < -0.4 is 29.6 Å². The molecule has 2 atom stereocenters. The zero-order valence-electron chi connectivity index (χ0n) is 20.4. The molecule has 0 amide bonds. The molecule has 0 rings (SSSR count). The molecule has 176 valence electrons. The second-order valence-corrected chi connectivity index (χ2v) is 10.5. The van der Waals surface area contributed by atoms with Crippen molar-refractivity contribution < 1.29 is 47.6 Å². The summed E-state index contributed by atoms with van der Waals surface area (Å²) in [7, 11) is -4.13. The average Bonchev–Trinajstić information content (AvgIpc) is 2.68. The van der Waals surface area contributed by atoms with Crippen LogP contribution >= 0.6 is 0 Å². The van der Waals surface area contributed by atoms with Crippen LogP contribution in [-0.2, 0) is 10.1 Å². The van der Waals surface area contributed by atoms with E-state index in [0.717, 1.165) is 57.8 Å². The molecule has 6 heteroatoms. The van der Waals surface area contributed by atoms with Gasteiger partial charge in [0.15, 0.2) is 0 Å². The van der Waals surface area contributed by atoms with Crippen LogP contribution in [0.4, 0.5) is 0 Å². The summed E-state index contributed by atoms with van der Waals surface area (Å²) in [5.41, 5.74) is 0. The van der Waals surface area contributed by atoms with E-state index in [2.05, 4.69) is 6.92 Å². The third-order valence-corrected chi connectivity index (χ3v) is 7.36. The largest absolute Gasteiger partial charge is 1.00 e. The van der Waals surface area contributed by atoms with Gasteiger partial charge in [0, 0.05) is 5.25 Å². The molecule has 1 N–H and O–H groups in total. The molecule has 4 nitrogen and oxygen atoms in total. The van der Waals surface area contributed by atoms with Gasteiger partial charge in [-0.3, -0.25) is 0 Å². The van der Waals surface area contributed by atoms with Gasteiger partial charge in [0.05, 0.1) is 16.2 Å². The number of hydrogen-bond acceptors (Lipinski definition) is 4. The number of unbranched alkanes of at least 4 members (excludes halogenated alkanes) is 14. The normalized spacial score (nSPS) is 13.7. The average molecular weight is 457 g/mol. The summed E-state index contributed by atoms with van der Waals surface area (Å²) in [5, 5.41) is 8.85. The van der Waals surface area contributed by atoms with Crippen LogP contribution in [0.15, 0.2) is 0 Å². The molecule has 0 aromatic rings. The van der Waals surface area contributed by atoms with Gasteiger partial charge in [0.2, 0.25) is 0 Å². The van der Waals surface area contributed by atoms with Crippen LogP contribution in [0.5, 0.6) is 0 Å². The van der Waals surface area contributed by atoms with E-state index in [1.165, 1.54) is 57.8 Å². The summed E-state index contributed by atoms with van der Waals surface area (Å²) in [6.45, 7) is 4.13. The van der Waals surface area contributed by atoms with Crippen molar-refractivity contribution >= 4 is 10.1 Å². The summed E-state index contributed by atoms with van der Waals surface area (Å²) in [6.07, 6.45) is 21.6. The molecule has 0 aliphatic rings. The Hall–Kier alpha value is 0.870. The first-order valence-corrected chi connectivity index (χ1v) is 14.0. The maximum absolute atomic E-state index is 11.4. The molecule has 2 unspecified atom stereocenters. The van der Waals surface area contributed by atoms with E-state index in [0.29, 0.717) is 12.8 Å². The van der Waals surface area contributed by atoms with Crippen LogP contribution in [0.25, 0.3) is 0 Å². The number of aliphatic hydroxyl groups excluding tert-OH is 1. The Morgan fingerprint density at radius 1 is 0.633 bits per heavy atom. The molecule has 0 radical (unpaired) electrons. The molecule has 0 aromatic heterocycles. The number of hydrogen-bond donors (Lipinski definition) is 1. The Balaban J connectivity index is 0. The molecular formula is C24H49NaO4S. The third kappa shape index (κ3) is 22.1. The Morgan fingerprint density at radius 2 is 0.967 bits per heavy atom. The molecule has 0 heterocycles. The monoisotopic (exact) mass is 456 g/mol. The van der Waals surface area contributed by atoms with E-state index >= 15 is 0 Å². The van der Waals surface area contributed by atoms with Crippen LogP contribution in [0, 0.1) is 0 Å². The van der Waals surface area contributed by atoms with Gasteiger partial charge < -0.3 is 9.66 Å². The minimum absolute atomic E-state index is 0. The van der Waals surface area contributed by atoms with Gasteiger partial charge in [-0.05, 0) is 25.7 Å². The first-order valence-electron chi connectivity index (χ1n) is 12.5. The van der Waals surface area contributed by atoms with Gasteiger partial charge >= 0.3 is 29.6 Å². The summed E-state index contributed by atoms with van der Waals surface area (Å²) >= 11 is 0. The van der Waals surface area contributed by atoms with Crippen molar-refractivity contribution in [1.29, 1.82) is 0 Å². The van der Waals surface area contributed by atoms with Crippen molar-refractivity contribution in [2.45, 2.75) is 154 Å². The second-order valence-electron chi connectivity index (χ2n) is 8.85. The fraction of sp³-hybridized carbons (Fsp3) is 1.00. The number of aliphatic hydroxyl groups is 1. The first kappa shape index (κ1) is 33.0. The Labute approximate surface area is 210 Å². The van der Waals surface area contributed by atoms with Gasteiger partial charge in [-0.25, -0.2) is 8.42 Å². The van der Waals surface area contributed by atoms with E-state index in [-0.39, 0.29) is 35.7 Å². The molecule has 0 spiro atoms. The molecule has 0 aliphatic heterocycles. The van der Waals surface area contributed by atoms with Crippen molar-refractivity contribution in [3.63, 3.8) is 0 Å². The van der Waals surface area contributed by atoms with Crippen molar-refractivity contribution in [2.24, 2.45) is 0 Å². The fourth-order valence-electron chi connectivity index (χ4n) is 3.96. The minimum atomic E-state index is -4.13. The predicted octanol–water partition coefficient (Wildman–Crippen LogP) is 4.11. The zero-order chi connectivity index (χ0) is 21.8. The molecule has 0 saturated heterocycles. The van der Waals surface area contributed by atoms with Crippen molar-refractivity contribution in [3.05, 3.63) is 0 Å². The van der Waals surface area contributed by atoms with Gasteiger partial charge in [0.1, 0.15) is 0 Å². The summed E-state index contributed by atoms with van der Waals surface area (Å²) in [4.78, 5) is 0. The van der Waals surface area contributed by atoms with E-state index in [9.17, 15) is 18.1 Å². The molecule has 0 aliphatic carbocycles. The molecular weight excluding hydrogens is 407 g/mol. The Morgan fingerprint density at radius 3 is 1.30 bits per heavy atom. The Bertz CT molecular complexity index is 442. The maximum atomic E-state index is 11.4. The van der Waals surface area contributed by atoms with E-state index < -0.39 is 15.4 Å². The Kier molecular flexibility index (Phi) is 25.4. The molecule has 30 heavy (non-hydrogen) atoms. The van der Waals surface area contributed by atoms with Crippen LogP contribution in [0.1, 0.15) is 142 Å². The van der Waals surface area contributed by atoms with Crippen molar-refractivity contribution in [3.8, 4) is 0 Å². The fourth-order valence-corrected chi connectivity index (χ4v) is 4.87. The summed E-state index contributed by atoms with van der Waals surface area (Å²) in [5.74, 6) is 0. The van der Waals surface area contributed by atoms with Crippen molar-refractivity contribution in [1.82, 2.24) is 0 Å². The topological polar surface area (TPSA) is 77.4 Å². The standard InChI is InChI=1S/C24H50O4S.Na/c1-3-5-17-21-24(29(26,27)28)22-19-16-14-12-10-8-6-7-9-11-13-15-18-20-23(25)4-2;/h23-25H,3-22H2,1-2H3,(H,26,27,28);/q;+1/p-1. The smallest absolute Gasteiger partial charge is 0.748 e. The summed E-state index contributed by atoms with van der Waals surface area (Å²) < 4.78 is 34.1. The number of rotatable bonds is 22. The van der Waals surface area contributed by atoms with Crippen LogP contribution in [-0.4, -0.2) is 29.4 Å². The van der Waals surface area contributed by atoms with E-state index in [4.69, 9.17) is 0 Å². The third-order valence-electron chi connectivity index (χ3n) is 6.07. The van der Waals surface area contributed by atoms with Gasteiger partial charge in [0.25, 0.3) is 0 Å². The zero-order valence-corrected chi connectivity index (χ0v) is 23.2. The molecule has 0 bridgehead atoms. The second kappa shape index (κ2) is 23.0. The molecule has 0 saturated carbocycles. The van der Waals surface area contributed by atoms with Crippen molar-refractivity contribution in [2.75, 3.05) is 0 Å². The van der Waals surface area contributed by atoms with Gasteiger partial charge in [-0.15, -0.1) is 0 Å². The first-order chi connectivity index (χ1) is 13.9. The van der Waals surface area contributed by atoms with Crippen LogP contribution in [0.2, 0.25) is 0 Å². The quantitative estimate of drug-likeness (QED) is 0.151. The molecule has 0 aromatic carbocycles. The van der Waals surface area contributed by atoms with E-state index in [1.807, 2.05) is 6.92 Å².